The lowest BCUT2D eigenvalue weighted by molar-refractivity contribution is -0.142. The average Bonchev–Trinajstić information content (AvgIpc) is 2.82. The molecule has 0 radical (unpaired) electrons. The van der Waals surface area contributed by atoms with Crippen LogP contribution in [-0.4, -0.2) is 18.9 Å². The molecule has 1 rings (SSSR count). The van der Waals surface area contributed by atoms with E-state index in [1.807, 2.05) is 12.3 Å². The summed E-state index contributed by atoms with van der Waals surface area (Å²) in [6.07, 6.45) is 4.18. The van der Waals surface area contributed by atoms with E-state index < -0.39 is 11.9 Å². The Morgan fingerprint density at radius 3 is 2.81 bits per heavy atom. The highest BCUT2D eigenvalue weighted by molar-refractivity contribution is 7.08. The van der Waals surface area contributed by atoms with Crippen molar-refractivity contribution in [2.75, 3.05) is 7.11 Å². The number of carbonyl (C=O) groups excluding carboxylic acids is 2. The minimum Gasteiger partial charge on any atom is -0.468 e. The van der Waals surface area contributed by atoms with Crippen LogP contribution in [0.1, 0.15) is 23.7 Å². The zero-order valence-electron chi connectivity index (χ0n) is 9.30. The Balaban J connectivity index is 2.88. The highest BCUT2D eigenvalue weighted by Crippen LogP contribution is 2.15. The second kappa shape index (κ2) is 6.23. The molecule has 0 aliphatic carbocycles. The summed E-state index contributed by atoms with van der Waals surface area (Å²) in [6, 6.07) is 1.71. The van der Waals surface area contributed by atoms with Gasteiger partial charge in [0.15, 0.2) is 5.78 Å². The van der Waals surface area contributed by atoms with Gasteiger partial charge in [0.2, 0.25) is 0 Å². The Morgan fingerprint density at radius 2 is 2.31 bits per heavy atom. The van der Waals surface area contributed by atoms with E-state index in [1.54, 1.807) is 23.6 Å². The largest absolute Gasteiger partial charge is 0.468 e. The number of methoxy groups -OCH3 is 1. The minimum absolute atomic E-state index is 0.210. The molecule has 0 N–H and O–H groups in total. The number of rotatable bonds is 5. The summed E-state index contributed by atoms with van der Waals surface area (Å²) in [5.41, 5.74) is 0.557. The smallest absolute Gasteiger partial charge is 0.320 e. The highest BCUT2D eigenvalue weighted by atomic mass is 32.1. The lowest BCUT2D eigenvalue weighted by Gasteiger charge is -2.07. The first-order valence-electron chi connectivity index (χ1n) is 5.01. The summed E-state index contributed by atoms with van der Waals surface area (Å²) in [5, 5.41) is 3.54. The van der Waals surface area contributed by atoms with Crippen LogP contribution in [0, 0.1) is 5.92 Å². The van der Waals surface area contributed by atoms with Crippen molar-refractivity contribution in [1.29, 1.82) is 0 Å². The van der Waals surface area contributed by atoms with E-state index in [9.17, 15) is 9.59 Å². The van der Waals surface area contributed by atoms with Gasteiger partial charge in [-0.3, -0.25) is 9.59 Å². The molecule has 4 heteroatoms. The topological polar surface area (TPSA) is 43.4 Å². The second-order valence-electron chi connectivity index (χ2n) is 3.21. The van der Waals surface area contributed by atoms with Crippen LogP contribution in [0.3, 0.4) is 0 Å². The molecule has 1 unspecified atom stereocenters. The summed E-state index contributed by atoms with van der Waals surface area (Å²) in [7, 11) is 1.29. The summed E-state index contributed by atoms with van der Waals surface area (Å²) in [5.74, 6) is -1.54. The third-order valence-corrected chi connectivity index (χ3v) is 2.79. The Morgan fingerprint density at radius 1 is 1.56 bits per heavy atom. The molecule has 0 saturated heterocycles. The van der Waals surface area contributed by atoms with Gasteiger partial charge in [0, 0.05) is 10.9 Å². The second-order valence-corrected chi connectivity index (χ2v) is 3.99. The van der Waals surface area contributed by atoms with Crippen molar-refractivity contribution >= 4 is 23.1 Å². The number of ether oxygens (including phenoxy) is 1. The first kappa shape index (κ1) is 12.6. The molecule has 0 spiro atoms. The van der Waals surface area contributed by atoms with Crippen LogP contribution in [0.5, 0.6) is 0 Å². The normalized spacial score (nSPS) is 12.6. The van der Waals surface area contributed by atoms with E-state index in [0.29, 0.717) is 5.56 Å². The number of carbonyl (C=O) groups is 2. The minimum atomic E-state index is -0.820. The lowest BCUT2D eigenvalue weighted by atomic mass is 9.99. The van der Waals surface area contributed by atoms with Gasteiger partial charge in [-0.2, -0.15) is 11.3 Å². The number of ketones is 1. The molecule has 0 bridgehead atoms. The van der Waals surface area contributed by atoms with Gasteiger partial charge in [0.1, 0.15) is 5.92 Å². The first-order valence-corrected chi connectivity index (χ1v) is 5.95. The fourth-order valence-corrected chi connectivity index (χ4v) is 1.90. The van der Waals surface area contributed by atoms with Gasteiger partial charge in [-0.1, -0.05) is 19.1 Å². The predicted octanol–water partition coefficient (Wildman–Crippen LogP) is 2.69. The number of Topliss-reactive ketones (excluding diaryl/α,β-unsaturated/α-hetero) is 1. The number of allylic oxidation sites excluding steroid dienone is 1. The molecule has 16 heavy (non-hydrogen) atoms. The number of hydrogen-bond donors (Lipinski definition) is 0. The summed E-state index contributed by atoms with van der Waals surface area (Å²) in [4.78, 5) is 23.4. The van der Waals surface area contributed by atoms with Gasteiger partial charge in [0.05, 0.1) is 7.11 Å². The van der Waals surface area contributed by atoms with Gasteiger partial charge in [-0.25, -0.2) is 0 Å². The van der Waals surface area contributed by atoms with E-state index in [2.05, 4.69) is 4.74 Å². The maximum Gasteiger partial charge on any atom is 0.320 e. The molecule has 1 heterocycles. The van der Waals surface area contributed by atoms with Crippen LogP contribution in [0.4, 0.5) is 0 Å². The molecule has 0 aromatic carbocycles. The molecule has 0 fully saturated rings. The van der Waals surface area contributed by atoms with Gasteiger partial charge in [-0.15, -0.1) is 0 Å². The van der Waals surface area contributed by atoms with E-state index in [1.165, 1.54) is 18.4 Å². The fraction of sp³-hybridized carbons (Fsp3) is 0.333. The van der Waals surface area contributed by atoms with Crippen LogP contribution in [0.15, 0.2) is 29.0 Å². The number of esters is 1. The highest BCUT2D eigenvalue weighted by Gasteiger charge is 2.25. The van der Waals surface area contributed by atoms with E-state index in [4.69, 9.17) is 0 Å². The zero-order valence-corrected chi connectivity index (χ0v) is 10.1. The van der Waals surface area contributed by atoms with Crippen molar-refractivity contribution < 1.29 is 14.3 Å². The third kappa shape index (κ3) is 3.03. The molecule has 0 amide bonds. The van der Waals surface area contributed by atoms with E-state index in [0.717, 1.165) is 6.42 Å². The Kier molecular flexibility index (Phi) is 4.92. The van der Waals surface area contributed by atoms with Crippen LogP contribution in [0.25, 0.3) is 0 Å². The van der Waals surface area contributed by atoms with E-state index in [-0.39, 0.29) is 5.78 Å². The Hall–Kier alpha value is -1.42. The van der Waals surface area contributed by atoms with Crippen LogP contribution in [-0.2, 0) is 9.53 Å². The van der Waals surface area contributed by atoms with Crippen molar-refractivity contribution in [3.8, 4) is 0 Å². The van der Waals surface area contributed by atoms with Gasteiger partial charge in [0.25, 0.3) is 0 Å². The van der Waals surface area contributed by atoms with Crippen molar-refractivity contribution in [3.05, 3.63) is 34.5 Å². The molecular weight excluding hydrogens is 224 g/mol. The zero-order chi connectivity index (χ0) is 12.0. The average molecular weight is 238 g/mol. The van der Waals surface area contributed by atoms with Crippen molar-refractivity contribution in [2.24, 2.45) is 5.92 Å². The lowest BCUT2D eigenvalue weighted by Crippen LogP contribution is -2.23. The van der Waals surface area contributed by atoms with Crippen molar-refractivity contribution in [3.63, 3.8) is 0 Å². The first-order chi connectivity index (χ1) is 7.70. The monoisotopic (exact) mass is 238 g/mol. The van der Waals surface area contributed by atoms with Crippen molar-refractivity contribution in [2.45, 2.75) is 13.3 Å². The van der Waals surface area contributed by atoms with Crippen LogP contribution >= 0.6 is 11.3 Å². The standard InChI is InChI=1S/C12H14O3S/c1-3-4-5-10(12(14)15-2)11(13)9-6-7-16-8-9/h4-8,10H,3H2,1-2H3/b5-4-. The van der Waals surface area contributed by atoms with E-state index >= 15 is 0 Å². The predicted molar refractivity (Wildman–Crippen MR) is 63.6 cm³/mol. The summed E-state index contributed by atoms with van der Waals surface area (Å²) in [6.45, 7) is 1.94. The van der Waals surface area contributed by atoms with Crippen molar-refractivity contribution in [1.82, 2.24) is 0 Å². The van der Waals surface area contributed by atoms with Crippen LogP contribution < -0.4 is 0 Å². The van der Waals surface area contributed by atoms with Crippen LogP contribution in [0.2, 0.25) is 0 Å². The molecule has 1 aromatic heterocycles. The quantitative estimate of drug-likeness (QED) is 0.343. The number of hydrogen-bond acceptors (Lipinski definition) is 4. The maximum atomic E-state index is 12.0. The molecule has 86 valence electrons. The SMILES string of the molecule is CC/C=C\C(C(=O)OC)C(=O)c1ccsc1. The molecule has 1 atom stereocenters. The van der Waals surface area contributed by atoms with Gasteiger partial charge in [-0.05, 0) is 17.9 Å². The van der Waals surface area contributed by atoms with Gasteiger partial charge >= 0.3 is 5.97 Å². The summed E-state index contributed by atoms with van der Waals surface area (Å²) < 4.78 is 4.62. The molecule has 1 aromatic rings. The molecule has 0 saturated carbocycles. The molecule has 0 aliphatic rings. The molecule has 0 aliphatic heterocycles. The fourth-order valence-electron chi connectivity index (χ4n) is 1.26. The Labute approximate surface area is 98.7 Å². The third-order valence-electron chi connectivity index (χ3n) is 2.11. The number of thiophene rings is 1. The van der Waals surface area contributed by atoms with Gasteiger partial charge < -0.3 is 4.74 Å². The summed E-state index contributed by atoms with van der Waals surface area (Å²) >= 11 is 1.43. The molecule has 3 nitrogen and oxygen atoms in total. The molecular formula is C12H14O3S. The Bertz CT molecular complexity index is 379. The maximum absolute atomic E-state index is 12.0.